The highest BCUT2D eigenvalue weighted by molar-refractivity contribution is 6.00. The van der Waals surface area contributed by atoms with E-state index in [-0.39, 0.29) is 18.9 Å². The largest absolute Gasteiger partial charge is 0.462 e. The number of rotatable bonds is 10. The Morgan fingerprint density at radius 3 is 2.35 bits per heavy atom. The number of anilines is 2. The van der Waals surface area contributed by atoms with Crippen LogP contribution in [0.5, 0.6) is 0 Å². The average molecular weight is 467 g/mol. The molecule has 34 heavy (non-hydrogen) atoms. The van der Waals surface area contributed by atoms with Crippen LogP contribution in [-0.2, 0) is 30.3 Å². The fourth-order valence-electron chi connectivity index (χ4n) is 3.56. The molecule has 1 fully saturated rings. The Morgan fingerprint density at radius 2 is 1.71 bits per heavy atom. The number of nitrogens with zero attached hydrogens (tertiary/aromatic N) is 1. The Morgan fingerprint density at radius 1 is 1.00 bits per heavy atom. The topological polar surface area (TPSA) is 102 Å². The van der Waals surface area contributed by atoms with Crippen molar-refractivity contribution in [3.05, 3.63) is 59.7 Å². The van der Waals surface area contributed by atoms with Gasteiger partial charge in [-0.05, 0) is 54.8 Å². The Hall–Kier alpha value is -3.68. The monoisotopic (exact) mass is 466 g/mol. The van der Waals surface area contributed by atoms with Crippen LogP contribution in [0.2, 0.25) is 0 Å². The van der Waals surface area contributed by atoms with Gasteiger partial charge in [-0.1, -0.05) is 32.4 Å². The second-order valence-corrected chi connectivity index (χ2v) is 8.15. The third kappa shape index (κ3) is 6.66. The molecule has 0 radical (unpaired) electrons. The fourth-order valence-corrected chi connectivity index (χ4v) is 3.56. The molecule has 2 amide bonds. The molecule has 0 aliphatic carbocycles. The number of nitrogens with one attached hydrogen (secondary N) is 1. The van der Waals surface area contributed by atoms with Crippen LogP contribution in [0.3, 0.4) is 0 Å². The first-order chi connectivity index (χ1) is 16.4. The van der Waals surface area contributed by atoms with Crippen molar-refractivity contribution in [3.63, 3.8) is 0 Å². The standard InChI is InChI=1S/C26H30N2O6/c1-3-5-14-33-25(31)19-8-12-22(13-9-19)28-16-20(15-24(28)30)26(32)34-17-23(29)27-21-10-6-18(4-2)7-11-21/h6-13,20H,3-5,14-17H2,1-2H3,(H,27,29)/t20-/m1/s1. The minimum absolute atomic E-state index is 0.000255. The number of aryl methyl sites for hydroxylation is 1. The molecule has 8 heteroatoms. The van der Waals surface area contributed by atoms with Crippen LogP contribution in [0.25, 0.3) is 0 Å². The molecule has 180 valence electrons. The first-order valence-corrected chi connectivity index (χ1v) is 11.5. The zero-order valence-corrected chi connectivity index (χ0v) is 19.5. The van der Waals surface area contributed by atoms with E-state index in [0.29, 0.717) is 23.5 Å². The first kappa shape index (κ1) is 25.0. The quantitative estimate of drug-likeness (QED) is 0.423. The summed E-state index contributed by atoms with van der Waals surface area (Å²) in [6.07, 6.45) is 2.64. The summed E-state index contributed by atoms with van der Waals surface area (Å²) in [6, 6.07) is 13.9. The summed E-state index contributed by atoms with van der Waals surface area (Å²) in [7, 11) is 0. The molecule has 1 aliphatic heterocycles. The van der Waals surface area contributed by atoms with Gasteiger partial charge in [0, 0.05) is 24.3 Å². The highest BCUT2D eigenvalue weighted by atomic mass is 16.5. The van der Waals surface area contributed by atoms with Gasteiger partial charge in [-0.2, -0.15) is 0 Å². The van der Waals surface area contributed by atoms with Gasteiger partial charge >= 0.3 is 11.9 Å². The molecule has 1 heterocycles. The number of ether oxygens (including phenoxy) is 2. The smallest absolute Gasteiger partial charge is 0.338 e. The third-order valence-corrected chi connectivity index (χ3v) is 5.60. The number of hydrogen-bond donors (Lipinski definition) is 1. The van der Waals surface area contributed by atoms with Crippen molar-refractivity contribution in [2.45, 2.75) is 39.5 Å². The van der Waals surface area contributed by atoms with Gasteiger partial charge < -0.3 is 19.7 Å². The summed E-state index contributed by atoms with van der Waals surface area (Å²) in [4.78, 5) is 50.5. The van der Waals surface area contributed by atoms with Gasteiger partial charge in [0.2, 0.25) is 5.91 Å². The number of carbonyl (C=O) groups excluding carboxylic acids is 4. The number of amides is 2. The zero-order valence-electron chi connectivity index (χ0n) is 19.5. The van der Waals surface area contributed by atoms with Gasteiger partial charge in [0.25, 0.3) is 5.91 Å². The van der Waals surface area contributed by atoms with E-state index in [9.17, 15) is 19.2 Å². The molecule has 3 rings (SSSR count). The first-order valence-electron chi connectivity index (χ1n) is 11.5. The lowest BCUT2D eigenvalue weighted by molar-refractivity contribution is -0.151. The van der Waals surface area contributed by atoms with Crippen molar-refractivity contribution < 1.29 is 28.7 Å². The summed E-state index contributed by atoms with van der Waals surface area (Å²) in [5.41, 5.74) is 2.76. The molecule has 0 unspecified atom stereocenters. The molecule has 1 saturated heterocycles. The normalized spacial score (nSPS) is 15.2. The van der Waals surface area contributed by atoms with E-state index in [4.69, 9.17) is 9.47 Å². The van der Waals surface area contributed by atoms with E-state index in [1.54, 1.807) is 36.4 Å². The van der Waals surface area contributed by atoms with Crippen molar-refractivity contribution in [1.82, 2.24) is 0 Å². The van der Waals surface area contributed by atoms with Crippen molar-refractivity contribution in [2.24, 2.45) is 5.92 Å². The summed E-state index contributed by atoms with van der Waals surface area (Å²) >= 11 is 0. The third-order valence-electron chi connectivity index (χ3n) is 5.60. The molecule has 1 atom stereocenters. The molecular weight excluding hydrogens is 436 g/mol. The van der Waals surface area contributed by atoms with E-state index in [1.807, 2.05) is 26.0 Å². The second kappa shape index (κ2) is 12.0. The van der Waals surface area contributed by atoms with Crippen LogP contribution in [0.1, 0.15) is 49.0 Å². The number of hydrogen-bond acceptors (Lipinski definition) is 6. The average Bonchev–Trinajstić information content (AvgIpc) is 3.25. The molecule has 8 nitrogen and oxygen atoms in total. The molecule has 1 aliphatic rings. The minimum Gasteiger partial charge on any atom is -0.462 e. The molecule has 1 N–H and O–H groups in total. The maximum atomic E-state index is 12.5. The number of esters is 2. The Bertz CT molecular complexity index is 1020. The van der Waals surface area contributed by atoms with E-state index in [0.717, 1.165) is 24.8 Å². The maximum Gasteiger partial charge on any atom is 0.338 e. The van der Waals surface area contributed by atoms with E-state index in [1.165, 1.54) is 4.90 Å². The number of benzene rings is 2. The van der Waals surface area contributed by atoms with Gasteiger partial charge in [-0.15, -0.1) is 0 Å². The van der Waals surface area contributed by atoms with Gasteiger partial charge in [-0.25, -0.2) is 4.79 Å². The highest BCUT2D eigenvalue weighted by Gasteiger charge is 2.36. The van der Waals surface area contributed by atoms with Crippen LogP contribution in [-0.4, -0.2) is 43.5 Å². The predicted molar refractivity (Wildman–Crippen MR) is 128 cm³/mol. The number of unbranched alkanes of at least 4 members (excludes halogenated alkanes) is 1. The SMILES string of the molecule is CCCCOC(=O)c1ccc(N2C[C@H](C(=O)OCC(=O)Nc3ccc(CC)cc3)CC2=O)cc1. The number of carbonyl (C=O) groups is 4. The highest BCUT2D eigenvalue weighted by Crippen LogP contribution is 2.26. The Labute approximate surface area is 199 Å². The summed E-state index contributed by atoms with van der Waals surface area (Å²) in [5.74, 6) is -2.33. The van der Waals surface area contributed by atoms with Crippen molar-refractivity contribution >= 4 is 35.1 Å². The molecule has 2 aromatic rings. The fraction of sp³-hybridized carbons (Fsp3) is 0.385. The summed E-state index contributed by atoms with van der Waals surface area (Å²) in [5, 5.41) is 2.68. The molecule has 0 aromatic heterocycles. The molecule has 0 saturated carbocycles. The summed E-state index contributed by atoms with van der Waals surface area (Å²) < 4.78 is 10.3. The Balaban J connectivity index is 1.48. The molecule has 0 bridgehead atoms. The van der Waals surface area contributed by atoms with E-state index in [2.05, 4.69) is 5.32 Å². The van der Waals surface area contributed by atoms with Crippen LogP contribution in [0.15, 0.2) is 48.5 Å². The van der Waals surface area contributed by atoms with Crippen molar-refractivity contribution in [2.75, 3.05) is 30.0 Å². The second-order valence-electron chi connectivity index (χ2n) is 8.15. The molecular formula is C26H30N2O6. The lowest BCUT2D eigenvalue weighted by atomic mass is 10.1. The van der Waals surface area contributed by atoms with Crippen LogP contribution in [0.4, 0.5) is 11.4 Å². The predicted octanol–water partition coefficient (Wildman–Crippen LogP) is 3.74. The van der Waals surface area contributed by atoms with Gasteiger partial charge in [0.1, 0.15) is 0 Å². The van der Waals surface area contributed by atoms with Crippen molar-refractivity contribution in [1.29, 1.82) is 0 Å². The van der Waals surface area contributed by atoms with Gasteiger partial charge in [0.15, 0.2) is 6.61 Å². The van der Waals surface area contributed by atoms with Crippen molar-refractivity contribution in [3.8, 4) is 0 Å². The van der Waals surface area contributed by atoms with Crippen LogP contribution >= 0.6 is 0 Å². The minimum atomic E-state index is -0.664. The van der Waals surface area contributed by atoms with E-state index < -0.39 is 30.4 Å². The van der Waals surface area contributed by atoms with Crippen LogP contribution in [0, 0.1) is 5.92 Å². The van der Waals surface area contributed by atoms with E-state index >= 15 is 0 Å². The zero-order chi connectivity index (χ0) is 24.5. The Kier molecular flexibility index (Phi) is 8.79. The van der Waals surface area contributed by atoms with Gasteiger partial charge in [-0.3, -0.25) is 14.4 Å². The lowest BCUT2D eigenvalue weighted by Crippen LogP contribution is -2.28. The maximum absolute atomic E-state index is 12.5. The van der Waals surface area contributed by atoms with Crippen LogP contribution < -0.4 is 10.2 Å². The lowest BCUT2D eigenvalue weighted by Gasteiger charge is -2.17. The summed E-state index contributed by atoms with van der Waals surface area (Å²) in [6.45, 7) is 4.16. The van der Waals surface area contributed by atoms with Gasteiger partial charge in [0.05, 0.1) is 18.1 Å². The molecule has 2 aromatic carbocycles. The molecule has 0 spiro atoms.